The van der Waals surface area contributed by atoms with Gasteiger partial charge in [-0.2, -0.15) is 0 Å². The lowest BCUT2D eigenvalue weighted by Gasteiger charge is -2.32. The van der Waals surface area contributed by atoms with Crippen molar-refractivity contribution in [3.05, 3.63) is 61.5 Å². The minimum absolute atomic E-state index is 0.0261. The Morgan fingerprint density at radius 1 is 1.37 bits per heavy atom. The summed E-state index contributed by atoms with van der Waals surface area (Å²) in [5, 5.41) is 17.2. The Morgan fingerprint density at radius 3 is 2.91 bits per heavy atom. The zero-order valence-corrected chi connectivity index (χ0v) is 19.3. The molecule has 178 valence electrons. The van der Waals surface area contributed by atoms with E-state index in [1.54, 1.807) is 24.3 Å². The molecule has 4 aromatic rings. The van der Waals surface area contributed by atoms with Gasteiger partial charge in [-0.25, -0.2) is 9.37 Å². The molecule has 3 aromatic heterocycles. The molecule has 0 fully saturated rings. The highest BCUT2D eigenvalue weighted by atomic mass is 19.1. The number of hydrogen-bond acceptors (Lipinski definition) is 6. The minimum atomic E-state index is -1.81. The molecule has 8 nitrogen and oxygen atoms in total. The molecular formula is C26H24FN4O4+. The van der Waals surface area contributed by atoms with Crippen molar-refractivity contribution >= 4 is 39.0 Å². The van der Waals surface area contributed by atoms with Crippen LogP contribution >= 0.6 is 0 Å². The molecule has 1 aromatic carbocycles. The number of aryl methyl sites for hydroxylation is 1. The highest BCUT2D eigenvalue weighted by molar-refractivity contribution is 6.08. The predicted molar refractivity (Wildman–Crippen MR) is 129 cm³/mol. The first-order valence-corrected chi connectivity index (χ1v) is 11.9. The van der Waals surface area contributed by atoms with Crippen LogP contribution in [0.15, 0.2) is 16.9 Å². The van der Waals surface area contributed by atoms with E-state index in [0.717, 1.165) is 40.4 Å². The van der Waals surface area contributed by atoms with Gasteiger partial charge in [0.25, 0.3) is 5.56 Å². The van der Waals surface area contributed by atoms with Gasteiger partial charge in [0.1, 0.15) is 5.82 Å². The number of nitrogens with two attached hydrogens (primary N) is 1. The molecule has 0 amide bonds. The number of hydrogen-bond donors (Lipinski definition) is 3. The molecule has 0 spiro atoms. The van der Waals surface area contributed by atoms with Gasteiger partial charge in [0, 0.05) is 28.9 Å². The zero-order chi connectivity index (χ0) is 24.4. The SMILES string of the molecule is CC[C@@]1(O)C(=[OH+])OCc2c1cc1c3nc4cc(F)c(C)c5c4c4c3c(n1c2=O)=C(CN)N[C@H]4CC5. The lowest BCUT2D eigenvalue weighted by molar-refractivity contribution is 0.0399. The Morgan fingerprint density at radius 2 is 2.17 bits per heavy atom. The summed E-state index contributed by atoms with van der Waals surface area (Å²) in [6, 6.07) is 3.14. The van der Waals surface area contributed by atoms with E-state index in [1.807, 2.05) is 0 Å². The Balaban J connectivity index is 1.78. The number of carbonyl (C=O) groups excluding carboxylic acids is 1. The molecule has 0 bridgehead atoms. The van der Waals surface area contributed by atoms with Crippen molar-refractivity contribution in [1.29, 1.82) is 0 Å². The normalized spacial score (nSPS) is 22.7. The summed E-state index contributed by atoms with van der Waals surface area (Å²) in [4.78, 5) is 29.1. The van der Waals surface area contributed by atoms with Crippen LogP contribution in [0.5, 0.6) is 0 Å². The smallest absolute Gasteiger partial charge is 0.379 e. The molecule has 1 aliphatic carbocycles. The van der Waals surface area contributed by atoms with Crippen LogP contribution in [0, 0.1) is 12.7 Å². The van der Waals surface area contributed by atoms with E-state index >= 15 is 0 Å². The van der Waals surface area contributed by atoms with Crippen LogP contribution < -0.4 is 22.0 Å². The summed E-state index contributed by atoms with van der Waals surface area (Å²) in [7, 11) is 0. The molecule has 2 aliphatic heterocycles. The Kier molecular flexibility index (Phi) is 3.89. The van der Waals surface area contributed by atoms with Crippen LogP contribution in [-0.4, -0.2) is 31.8 Å². The average molecular weight is 476 g/mol. The van der Waals surface area contributed by atoms with E-state index in [9.17, 15) is 19.1 Å². The molecular weight excluding hydrogens is 451 g/mol. The van der Waals surface area contributed by atoms with Crippen molar-refractivity contribution in [2.75, 3.05) is 6.54 Å². The number of aliphatic hydroxyl groups is 1. The zero-order valence-electron chi connectivity index (χ0n) is 19.3. The molecule has 3 aliphatic rings. The summed E-state index contributed by atoms with van der Waals surface area (Å²) < 4.78 is 21.8. The molecule has 0 saturated carbocycles. The van der Waals surface area contributed by atoms with Gasteiger partial charge >= 0.3 is 5.97 Å². The maximum atomic E-state index is 14.9. The topological polar surface area (TPSA) is 123 Å². The van der Waals surface area contributed by atoms with Crippen LogP contribution in [0.25, 0.3) is 33.0 Å². The monoisotopic (exact) mass is 475 g/mol. The Bertz CT molecular complexity index is 1790. The van der Waals surface area contributed by atoms with Gasteiger partial charge in [0.2, 0.25) is 12.2 Å². The average Bonchev–Trinajstić information content (AvgIpc) is 3.19. The van der Waals surface area contributed by atoms with E-state index < -0.39 is 11.6 Å². The highest BCUT2D eigenvalue weighted by Crippen LogP contribution is 2.43. The van der Waals surface area contributed by atoms with E-state index in [2.05, 4.69) is 5.32 Å². The van der Waals surface area contributed by atoms with E-state index in [4.69, 9.17) is 15.5 Å². The second kappa shape index (κ2) is 6.56. The number of nitrogens with one attached hydrogen (secondary N) is 1. The lowest BCUT2D eigenvalue weighted by atomic mass is 9.81. The molecule has 0 unspecified atom stereocenters. The van der Waals surface area contributed by atoms with Gasteiger partial charge in [-0.1, -0.05) is 6.92 Å². The van der Waals surface area contributed by atoms with Gasteiger partial charge < -0.3 is 25.7 Å². The third-order valence-corrected chi connectivity index (χ3v) is 8.19. The van der Waals surface area contributed by atoms with Gasteiger partial charge in [0.05, 0.1) is 39.2 Å². The predicted octanol–water partition coefficient (Wildman–Crippen LogP) is 1.45. The van der Waals surface area contributed by atoms with E-state index in [-0.39, 0.29) is 42.6 Å². The van der Waals surface area contributed by atoms with Crippen LogP contribution in [0.1, 0.15) is 53.6 Å². The fourth-order valence-corrected chi connectivity index (χ4v) is 6.37. The van der Waals surface area contributed by atoms with Crippen molar-refractivity contribution in [2.45, 2.75) is 51.4 Å². The number of pyridine rings is 2. The van der Waals surface area contributed by atoms with Crippen LogP contribution in [0.3, 0.4) is 0 Å². The quantitative estimate of drug-likeness (QED) is 0.298. The molecule has 0 saturated heterocycles. The van der Waals surface area contributed by atoms with Gasteiger partial charge in [-0.15, -0.1) is 0 Å². The number of cyclic esters (lactones) is 1. The number of nitrogens with zero attached hydrogens (tertiary/aromatic N) is 2. The van der Waals surface area contributed by atoms with E-state index in [1.165, 1.54) is 6.07 Å². The number of rotatable bonds is 2. The molecule has 9 heteroatoms. The molecule has 35 heavy (non-hydrogen) atoms. The molecule has 5 N–H and O–H groups in total. The summed E-state index contributed by atoms with van der Waals surface area (Å²) in [6.07, 6.45) is 1.61. The van der Waals surface area contributed by atoms with Crippen LogP contribution in [0.2, 0.25) is 0 Å². The van der Waals surface area contributed by atoms with Gasteiger partial charge in [-0.05, 0) is 48.9 Å². The highest BCUT2D eigenvalue weighted by Gasteiger charge is 2.51. The maximum Gasteiger partial charge on any atom is 0.521 e. The maximum absolute atomic E-state index is 14.9. The van der Waals surface area contributed by atoms with Crippen molar-refractivity contribution in [2.24, 2.45) is 5.73 Å². The number of esters is 1. The largest absolute Gasteiger partial charge is 0.521 e. The standard InChI is InChI=1S/C26H23FN4O4/c1-3-26(34)13-6-18-22-21-20-15(5-4-11-10(2)14(27)7-16(30-22)19(11)20)29-17(8-28)23(21)31(18)24(32)12(13)9-35-25(26)33/h6-7,15,29,34H,3-5,8-9,28H2,1-2H3/p+1/t15-,26-/m0/s1. The number of halogens is 1. The second-order valence-corrected chi connectivity index (χ2v) is 9.74. The van der Waals surface area contributed by atoms with Crippen LogP contribution in [-0.2, 0) is 23.4 Å². The summed E-state index contributed by atoms with van der Waals surface area (Å²) in [5.41, 5.74) is 9.49. The Labute approximate surface area is 198 Å². The summed E-state index contributed by atoms with van der Waals surface area (Å²) in [5.74, 6) is -0.825. The lowest BCUT2D eigenvalue weighted by Crippen LogP contribution is -2.45. The van der Waals surface area contributed by atoms with Crippen molar-refractivity contribution in [3.8, 4) is 0 Å². The second-order valence-electron chi connectivity index (χ2n) is 9.74. The molecule has 0 radical (unpaired) electrons. The first-order valence-electron chi connectivity index (χ1n) is 11.9. The number of fused-ring (bicyclic) bond motifs is 4. The fraction of sp³-hybridized carbons (Fsp3) is 0.346. The van der Waals surface area contributed by atoms with Gasteiger partial charge in [0.15, 0.2) is 0 Å². The number of benzene rings is 1. The summed E-state index contributed by atoms with van der Waals surface area (Å²) in [6.45, 7) is 3.54. The van der Waals surface area contributed by atoms with Crippen molar-refractivity contribution in [3.63, 3.8) is 0 Å². The third kappa shape index (κ3) is 2.30. The number of ether oxygens (including phenoxy) is 1. The molecule has 2 atom stereocenters. The van der Waals surface area contributed by atoms with Crippen molar-refractivity contribution < 1.29 is 19.0 Å². The van der Waals surface area contributed by atoms with E-state index in [0.29, 0.717) is 33.0 Å². The van der Waals surface area contributed by atoms with Crippen LogP contribution in [0.4, 0.5) is 4.39 Å². The first-order chi connectivity index (χ1) is 16.8. The minimum Gasteiger partial charge on any atom is -0.379 e. The molecule has 7 rings (SSSR count). The van der Waals surface area contributed by atoms with Crippen molar-refractivity contribution in [1.82, 2.24) is 14.7 Å². The van der Waals surface area contributed by atoms with Gasteiger partial charge in [-0.3, -0.25) is 9.20 Å². The fourth-order valence-electron chi connectivity index (χ4n) is 6.37. The Hall–Kier alpha value is -3.56. The first kappa shape index (κ1) is 20.8. The number of aromatic nitrogens is 2. The third-order valence-electron chi connectivity index (χ3n) is 8.19. The summed E-state index contributed by atoms with van der Waals surface area (Å²) >= 11 is 0. The molecule has 5 heterocycles.